The molecule has 0 aromatic heterocycles. The Hall–Kier alpha value is 0.0200. The van der Waals surface area contributed by atoms with Crippen molar-refractivity contribution in [2.24, 2.45) is 0 Å². The molecule has 1 rings (SSSR count). The van der Waals surface area contributed by atoms with Crippen LogP contribution in [0.1, 0.15) is 13.3 Å². The standard InChI is InChI=1S/C6H9BrO/c1-5-4-6(7)2-3-8-5/h4,6H,2-3H2,1H3. The third kappa shape index (κ3) is 1.51. The van der Waals surface area contributed by atoms with E-state index in [9.17, 15) is 0 Å². The van der Waals surface area contributed by atoms with Gasteiger partial charge >= 0.3 is 0 Å². The van der Waals surface area contributed by atoms with Crippen LogP contribution >= 0.6 is 15.9 Å². The van der Waals surface area contributed by atoms with Crippen LogP contribution in [0.5, 0.6) is 0 Å². The Balaban J connectivity index is 2.50. The summed E-state index contributed by atoms with van der Waals surface area (Å²) in [5.74, 6) is 1.04. The molecule has 0 fully saturated rings. The first-order valence-corrected chi connectivity index (χ1v) is 3.66. The lowest BCUT2D eigenvalue weighted by atomic mass is 10.2. The minimum atomic E-state index is 0.538. The van der Waals surface area contributed by atoms with Crippen LogP contribution in [-0.4, -0.2) is 11.4 Å². The average molecular weight is 177 g/mol. The van der Waals surface area contributed by atoms with Crippen molar-refractivity contribution in [3.63, 3.8) is 0 Å². The highest BCUT2D eigenvalue weighted by atomic mass is 79.9. The topological polar surface area (TPSA) is 9.23 Å². The molecule has 1 nitrogen and oxygen atoms in total. The smallest absolute Gasteiger partial charge is 0.0900 e. The highest BCUT2D eigenvalue weighted by Crippen LogP contribution is 2.15. The van der Waals surface area contributed by atoms with Crippen molar-refractivity contribution in [3.8, 4) is 0 Å². The first-order valence-electron chi connectivity index (χ1n) is 2.74. The van der Waals surface area contributed by atoms with Gasteiger partial charge in [0.25, 0.3) is 0 Å². The first-order chi connectivity index (χ1) is 3.79. The molecule has 0 amide bonds. The highest BCUT2D eigenvalue weighted by molar-refractivity contribution is 9.09. The number of hydrogen-bond acceptors (Lipinski definition) is 1. The predicted octanol–water partition coefficient (Wildman–Crippen LogP) is 2.07. The second-order valence-corrected chi connectivity index (χ2v) is 3.11. The fraction of sp³-hybridized carbons (Fsp3) is 0.667. The molecule has 0 bridgehead atoms. The zero-order valence-electron chi connectivity index (χ0n) is 4.86. The molecule has 0 spiro atoms. The van der Waals surface area contributed by atoms with Gasteiger partial charge in [0.2, 0.25) is 0 Å². The average Bonchev–Trinajstić information content (AvgIpc) is 1.64. The molecular formula is C6H9BrO. The van der Waals surface area contributed by atoms with Gasteiger partial charge in [-0.15, -0.1) is 0 Å². The lowest BCUT2D eigenvalue weighted by molar-refractivity contribution is 0.198. The molecule has 1 aliphatic heterocycles. The van der Waals surface area contributed by atoms with Crippen LogP contribution in [0, 0.1) is 0 Å². The Kier molecular flexibility index (Phi) is 1.95. The van der Waals surface area contributed by atoms with Crippen LogP contribution < -0.4 is 0 Å². The van der Waals surface area contributed by atoms with E-state index in [1.54, 1.807) is 0 Å². The van der Waals surface area contributed by atoms with Crippen molar-refractivity contribution >= 4 is 15.9 Å². The molecular weight excluding hydrogens is 168 g/mol. The normalized spacial score (nSPS) is 28.8. The summed E-state index contributed by atoms with van der Waals surface area (Å²) in [7, 11) is 0. The van der Waals surface area contributed by atoms with Gasteiger partial charge in [-0.25, -0.2) is 0 Å². The summed E-state index contributed by atoms with van der Waals surface area (Å²) in [5, 5.41) is 0. The SMILES string of the molecule is CC1=CC(Br)CCO1. The zero-order chi connectivity index (χ0) is 5.98. The molecule has 0 N–H and O–H groups in total. The minimum absolute atomic E-state index is 0.538. The Morgan fingerprint density at radius 2 is 2.62 bits per heavy atom. The van der Waals surface area contributed by atoms with Crippen molar-refractivity contribution in [1.82, 2.24) is 0 Å². The maximum absolute atomic E-state index is 5.18. The van der Waals surface area contributed by atoms with E-state index in [1.165, 1.54) is 0 Å². The van der Waals surface area contributed by atoms with E-state index >= 15 is 0 Å². The van der Waals surface area contributed by atoms with Crippen LogP contribution in [0.25, 0.3) is 0 Å². The fourth-order valence-corrected chi connectivity index (χ4v) is 1.28. The molecule has 0 aliphatic carbocycles. The summed E-state index contributed by atoms with van der Waals surface area (Å²) in [6.45, 7) is 2.84. The third-order valence-corrected chi connectivity index (χ3v) is 1.86. The largest absolute Gasteiger partial charge is 0.498 e. The van der Waals surface area contributed by atoms with Gasteiger partial charge in [0.1, 0.15) is 0 Å². The van der Waals surface area contributed by atoms with Gasteiger partial charge in [-0.3, -0.25) is 0 Å². The molecule has 1 heterocycles. The lowest BCUT2D eigenvalue weighted by Crippen LogP contribution is -2.07. The van der Waals surface area contributed by atoms with Crippen LogP contribution in [0.4, 0.5) is 0 Å². The van der Waals surface area contributed by atoms with Crippen molar-refractivity contribution < 1.29 is 4.74 Å². The summed E-state index contributed by atoms with van der Waals surface area (Å²) in [6.07, 6.45) is 3.18. The number of hydrogen-bond donors (Lipinski definition) is 0. The molecule has 1 aliphatic rings. The fourth-order valence-electron chi connectivity index (χ4n) is 0.719. The van der Waals surface area contributed by atoms with Gasteiger partial charge in [0.15, 0.2) is 0 Å². The van der Waals surface area contributed by atoms with Crippen molar-refractivity contribution in [2.45, 2.75) is 18.2 Å². The maximum Gasteiger partial charge on any atom is 0.0900 e. The quantitative estimate of drug-likeness (QED) is 0.514. The summed E-state index contributed by atoms with van der Waals surface area (Å²) < 4.78 is 5.18. The van der Waals surface area contributed by atoms with E-state index in [2.05, 4.69) is 22.0 Å². The van der Waals surface area contributed by atoms with Crippen LogP contribution in [0.15, 0.2) is 11.8 Å². The van der Waals surface area contributed by atoms with Crippen molar-refractivity contribution in [3.05, 3.63) is 11.8 Å². The molecule has 0 saturated heterocycles. The van der Waals surface area contributed by atoms with Crippen LogP contribution in [-0.2, 0) is 4.74 Å². The van der Waals surface area contributed by atoms with E-state index in [-0.39, 0.29) is 0 Å². The molecule has 0 saturated carbocycles. The second-order valence-electron chi connectivity index (χ2n) is 1.93. The summed E-state index contributed by atoms with van der Waals surface area (Å²) in [6, 6.07) is 0. The number of rotatable bonds is 0. The van der Waals surface area contributed by atoms with E-state index in [0.29, 0.717) is 4.83 Å². The summed E-state index contributed by atoms with van der Waals surface area (Å²) >= 11 is 3.47. The van der Waals surface area contributed by atoms with E-state index < -0.39 is 0 Å². The van der Waals surface area contributed by atoms with Crippen molar-refractivity contribution in [2.75, 3.05) is 6.61 Å². The Morgan fingerprint density at radius 3 is 3.00 bits per heavy atom. The van der Waals surface area contributed by atoms with Gasteiger partial charge < -0.3 is 4.74 Å². The Morgan fingerprint density at radius 1 is 1.88 bits per heavy atom. The number of alkyl halides is 1. The van der Waals surface area contributed by atoms with E-state index in [0.717, 1.165) is 18.8 Å². The highest BCUT2D eigenvalue weighted by Gasteiger charge is 2.06. The van der Waals surface area contributed by atoms with Crippen LogP contribution in [0.3, 0.4) is 0 Å². The molecule has 46 valence electrons. The van der Waals surface area contributed by atoms with Gasteiger partial charge in [0.05, 0.1) is 12.4 Å². The van der Waals surface area contributed by atoms with Gasteiger partial charge in [0, 0.05) is 4.83 Å². The monoisotopic (exact) mass is 176 g/mol. The molecule has 2 heteroatoms. The molecule has 8 heavy (non-hydrogen) atoms. The second kappa shape index (κ2) is 2.53. The summed E-state index contributed by atoms with van der Waals surface area (Å²) in [5.41, 5.74) is 0. The molecule has 0 aromatic carbocycles. The number of ether oxygens (including phenoxy) is 1. The molecule has 0 aromatic rings. The van der Waals surface area contributed by atoms with E-state index in [1.807, 2.05) is 6.92 Å². The van der Waals surface area contributed by atoms with E-state index in [4.69, 9.17) is 4.74 Å². The zero-order valence-corrected chi connectivity index (χ0v) is 6.44. The maximum atomic E-state index is 5.18. The number of allylic oxidation sites excluding steroid dienone is 2. The lowest BCUT2D eigenvalue weighted by Gasteiger charge is -2.14. The number of halogens is 1. The molecule has 1 unspecified atom stereocenters. The third-order valence-electron chi connectivity index (χ3n) is 1.14. The Bertz CT molecular complexity index is 109. The molecule has 0 radical (unpaired) electrons. The minimum Gasteiger partial charge on any atom is -0.498 e. The van der Waals surface area contributed by atoms with Crippen LogP contribution in [0.2, 0.25) is 0 Å². The predicted molar refractivity (Wildman–Crippen MR) is 37.0 cm³/mol. The molecule has 1 atom stereocenters. The van der Waals surface area contributed by atoms with Crippen molar-refractivity contribution in [1.29, 1.82) is 0 Å². The Labute approximate surface area is 57.8 Å². The summed E-state index contributed by atoms with van der Waals surface area (Å²) in [4.78, 5) is 0.538. The van der Waals surface area contributed by atoms with Gasteiger partial charge in [-0.1, -0.05) is 15.9 Å². The van der Waals surface area contributed by atoms with Gasteiger partial charge in [-0.2, -0.15) is 0 Å². The first kappa shape index (κ1) is 6.14. The van der Waals surface area contributed by atoms with Gasteiger partial charge in [-0.05, 0) is 19.4 Å².